The smallest absolute Gasteiger partial charge is 0.150 e. The molecule has 0 bridgehead atoms. The second kappa shape index (κ2) is 5.00. The van der Waals surface area contributed by atoms with E-state index in [0.29, 0.717) is 19.4 Å². The second-order valence-corrected chi connectivity index (χ2v) is 6.91. The Bertz CT molecular complexity index is 312. The molecule has 1 heterocycles. The number of hydrogen-bond acceptors (Lipinski definition) is 5. The minimum atomic E-state index is -2.92. The molecule has 6 heteroatoms. The Morgan fingerprint density at radius 3 is 2.25 bits per heavy atom. The van der Waals surface area contributed by atoms with Crippen molar-refractivity contribution in [2.45, 2.75) is 44.5 Å². The number of aliphatic hydroxyl groups is 1. The molecule has 3 N–H and O–H groups in total. The van der Waals surface area contributed by atoms with Crippen LogP contribution in [0.2, 0.25) is 0 Å². The average Bonchev–Trinajstić information content (AvgIpc) is 2.21. The zero-order valence-corrected chi connectivity index (χ0v) is 10.7. The van der Waals surface area contributed by atoms with Crippen molar-refractivity contribution in [3.63, 3.8) is 0 Å². The van der Waals surface area contributed by atoms with E-state index in [4.69, 9.17) is 10.5 Å². The number of aliphatic hydroxyl groups excluding tert-OH is 1. The van der Waals surface area contributed by atoms with Crippen LogP contribution in [-0.4, -0.2) is 49.4 Å². The second-order valence-electron chi connectivity index (χ2n) is 4.60. The van der Waals surface area contributed by atoms with Gasteiger partial charge in [0.2, 0.25) is 0 Å². The van der Waals surface area contributed by atoms with E-state index in [-0.39, 0.29) is 17.6 Å². The fourth-order valence-corrected chi connectivity index (χ4v) is 3.34. The van der Waals surface area contributed by atoms with Gasteiger partial charge in [-0.15, -0.1) is 0 Å². The zero-order valence-electron chi connectivity index (χ0n) is 9.85. The highest BCUT2D eigenvalue weighted by molar-refractivity contribution is 7.91. The summed E-state index contributed by atoms with van der Waals surface area (Å²) in [6, 6.07) is 0. The van der Waals surface area contributed by atoms with Crippen LogP contribution in [0.1, 0.15) is 26.7 Å². The van der Waals surface area contributed by atoms with Crippen molar-refractivity contribution in [2.75, 3.05) is 18.1 Å². The number of ether oxygens (including phenoxy) is 1. The van der Waals surface area contributed by atoms with Crippen LogP contribution in [0.4, 0.5) is 0 Å². The molecule has 1 rings (SSSR count). The van der Waals surface area contributed by atoms with Crippen LogP contribution in [0.15, 0.2) is 0 Å². The van der Waals surface area contributed by atoms with Crippen molar-refractivity contribution in [3.8, 4) is 0 Å². The van der Waals surface area contributed by atoms with Crippen molar-refractivity contribution >= 4 is 9.84 Å². The topological polar surface area (TPSA) is 89.6 Å². The third-order valence-corrected chi connectivity index (χ3v) is 4.88. The molecule has 0 aromatic rings. The maximum absolute atomic E-state index is 11.3. The van der Waals surface area contributed by atoms with Crippen LogP contribution in [0.25, 0.3) is 0 Å². The summed E-state index contributed by atoms with van der Waals surface area (Å²) in [5.41, 5.74) is 5.09. The third kappa shape index (κ3) is 3.41. The normalized spacial score (nSPS) is 27.2. The summed E-state index contributed by atoms with van der Waals surface area (Å²) in [6.07, 6.45) is -0.0717. The van der Waals surface area contributed by atoms with Gasteiger partial charge in [0.15, 0.2) is 9.84 Å². The molecule has 96 valence electrons. The largest absolute Gasteiger partial charge is 0.391 e. The van der Waals surface area contributed by atoms with E-state index in [1.807, 2.05) is 0 Å². The Morgan fingerprint density at radius 1 is 1.38 bits per heavy atom. The standard InChI is InChI=1S/C10H21NO4S/c1-8(12)9(2)15-10(7-11)3-5-16(13,14)6-4-10/h8-9,12H,3-7,11H2,1-2H3. The molecule has 1 saturated heterocycles. The van der Waals surface area contributed by atoms with Crippen LogP contribution < -0.4 is 5.73 Å². The van der Waals surface area contributed by atoms with Gasteiger partial charge in [-0.3, -0.25) is 0 Å². The zero-order chi connectivity index (χ0) is 12.4. The fraction of sp³-hybridized carbons (Fsp3) is 1.00. The minimum Gasteiger partial charge on any atom is -0.391 e. The van der Waals surface area contributed by atoms with E-state index < -0.39 is 21.5 Å². The maximum Gasteiger partial charge on any atom is 0.150 e. The van der Waals surface area contributed by atoms with E-state index >= 15 is 0 Å². The Kier molecular flexibility index (Phi) is 4.34. The molecule has 1 aliphatic heterocycles. The van der Waals surface area contributed by atoms with Gasteiger partial charge >= 0.3 is 0 Å². The summed E-state index contributed by atoms with van der Waals surface area (Å²) in [5.74, 6) is 0.244. The van der Waals surface area contributed by atoms with Gasteiger partial charge in [0.05, 0.1) is 29.3 Å². The summed E-state index contributed by atoms with van der Waals surface area (Å²) in [7, 11) is -2.92. The molecule has 1 fully saturated rings. The van der Waals surface area contributed by atoms with Gasteiger partial charge in [-0.2, -0.15) is 0 Å². The maximum atomic E-state index is 11.3. The number of rotatable bonds is 4. The predicted molar refractivity (Wildman–Crippen MR) is 61.9 cm³/mol. The first kappa shape index (κ1) is 13.9. The molecule has 0 aromatic carbocycles. The van der Waals surface area contributed by atoms with E-state index in [2.05, 4.69) is 0 Å². The molecular weight excluding hydrogens is 230 g/mol. The van der Waals surface area contributed by atoms with E-state index in [9.17, 15) is 13.5 Å². The van der Waals surface area contributed by atoms with E-state index in [1.54, 1.807) is 13.8 Å². The molecule has 0 spiro atoms. The Hall–Kier alpha value is -0.170. The van der Waals surface area contributed by atoms with E-state index in [0.717, 1.165) is 0 Å². The summed E-state index contributed by atoms with van der Waals surface area (Å²) in [4.78, 5) is 0. The first-order valence-electron chi connectivity index (χ1n) is 5.57. The SMILES string of the molecule is CC(O)C(C)OC1(CN)CCS(=O)(=O)CC1. The predicted octanol–water partition coefficient (Wildman–Crippen LogP) is -0.322. The lowest BCUT2D eigenvalue weighted by molar-refractivity contribution is -0.123. The van der Waals surface area contributed by atoms with Crippen molar-refractivity contribution in [1.82, 2.24) is 0 Å². The molecule has 0 aliphatic carbocycles. The lowest BCUT2D eigenvalue weighted by Gasteiger charge is -2.38. The van der Waals surface area contributed by atoms with Crippen LogP contribution in [0.3, 0.4) is 0 Å². The lowest BCUT2D eigenvalue weighted by atomic mass is 9.96. The van der Waals surface area contributed by atoms with Gasteiger partial charge in [0, 0.05) is 6.54 Å². The molecule has 2 unspecified atom stereocenters. The molecular formula is C10H21NO4S. The van der Waals surface area contributed by atoms with Gasteiger partial charge in [-0.25, -0.2) is 8.42 Å². The molecule has 16 heavy (non-hydrogen) atoms. The number of sulfone groups is 1. The van der Waals surface area contributed by atoms with Crippen LogP contribution in [-0.2, 0) is 14.6 Å². The first-order valence-corrected chi connectivity index (χ1v) is 7.39. The fourth-order valence-electron chi connectivity index (χ4n) is 1.77. The molecule has 2 atom stereocenters. The molecule has 0 saturated carbocycles. The highest BCUT2D eigenvalue weighted by atomic mass is 32.2. The average molecular weight is 251 g/mol. The van der Waals surface area contributed by atoms with Gasteiger partial charge in [0.1, 0.15) is 0 Å². The molecule has 0 amide bonds. The molecule has 0 radical (unpaired) electrons. The Balaban J connectivity index is 2.66. The highest BCUT2D eigenvalue weighted by Crippen LogP contribution is 2.28. The number of nitrogens with two attached hydrogens (primary N) is 1. The minimum absolute atomic E-state index is 0.122. The number of hydrogen-bond donors (Lipinski definition) is 2. The summed E-state index contributed by atoms with van der Waals surface area (Å²) in [5, 5.41) is 9.38. The van der Waals surface area contributed by atoms with Gasteiger partial charge in [-0.1, -0.05) is 0 Å². The van der Waals surface area contributed by atoms with Crippen LogP contribution in [0, 0.1) is 0 Å². The third-order valence-electron chi connectivity index (χ3n) is 3.22. The van der Waals surface area contributed by atoms with Crippen LogP contribution >= 0.6 is 0 Å². The first-order chi connectivity index (χ1) is 7.30. The summed E-state index contributed by atoms with van der Waals surface area (Å²) >= 11 is 0. The quantitative estimate of drug-likeness (QED) is 0.714. The summed E-state index contributed by atoms with van der Waals surface area (Å²) < 4.78 is 28.4. The van der Waals surface area contributed by atoms with E-state index in [1.165, 1.54) is 0 Å². The van der Waals surface area contributed by atoms with Crippen LogP contribution in [0.5, 0.6) is 0 Å². The van der Waals surface area contributed by atoms with Gasteiger partial charge in [-0.05, 0) is 26.7 Å². The molecule has 0 aromatic heterocycles. The van der Waals surface area contributed by atoms with Crippen molar-refractivity contribution in [2.24, 2.45) is 5.73 Å². The monoisotopic (exact) mass is 251 g/mol. The van der Waals surface area contributed by atoms with Gasteiger partial charge < -0.3 is 15.6 Å². The van der Waals surface area contributed by atoms with Crippen molar-refractivity contribution in [3.05, 3.63) is 0 Å². The Morgan fingerprint density at radius 2 is 1.88 bits per heavy atom. The van der Waals surface area contributed by atoms with Crippen molar-refractivity contribution < 1.29 is 18.3 Å². The highest BCUT2D eigenvalue weighted by Gasteiger charge is 2.38. The van der Waals surface area contributed by atoms with Gasteiger partial charge in [0.25, 0.3) is 0 Å². The molecule has 5 nitrogen and oxygen atoms in total. The molecule has 1 aliphatic rings. The van der Waals surface area contributed by atoms with Crippen molar-refractivity contribution in [1.29, 1.82) is 0 Å². The summed E-state index contributed by atoms with van der Waals surface area (Å²) in [6.45, 7) is 3.71. The Labute approximate surface area is 96.9 Å². The lowest BCUT2D eigenvalue weighted by Crippen LogP contribution is -2.50.